The lowest BCUT2D eigenvalue weighted by atomic mass is 10.0. The number of likely N-dealkylation sites (tertiary alicyclic amines) is 1. The van der Waals surface area contributed by atoms with Gasteiger partial charge in [0.2, 0.25) is 0 Å². The molecule has 0 unspecified atom stereocenters. The number of hydrogen-bond donors (Lipinski definition) is 3. The van der Waals surface area contributed by atoms with Gasteiger partial charge >= 0.3 is 6.03 Å². The van der Waals surface area contributed by atoms with Crippen LogP contribution in [0.15, 0.2) is 42.5 Å². The summed E-state index contributed by atoms with van der Waals surface area (Å²) in [6.45, 7) is 0.726. The number of aliphatic hydroxyl groups excluding tert-OH is 1. The second-order valence-electron chi connectivity index (χ2n) is 7.11. The van der Waals surface area contributed by atoms with E-state index < -0.39 is 0 Å². The van der Waals surface area contributed by atoms with E-state index in [1.54, 1.807) is 4.90 Å². The molecule has 1 saturated heterocycles. The zero-order valence-electron chi connectivity index (χ0n) is 14.9. The van der Waals surface area contributed by atoms with Crippen LogP contribution in [0.3, 0.4) is 0 Å². The van der Waals surface area contributed by atoms with Gasteiger partial charge in [-0.15, -0.1) is 0 Å². The number of carbonyl (C=O) groups is 1. The van der Waals surface area contributed by atoms with Crippen LogP contribution < -0.4 is 10.6 Å². The number of nitrogens with zero attached hydrogens (tertiary/aromatic N) is 1. The van der Waals surface area contributed by atoms with Crippen LogP contribution in [0, 0.1) is 0 Å². The van der Waals surface area contributed by atoms with Gasteiger partial charge in [0.25, 0.3) is 0 Å². The highest BCUT2D eigenvalue weighted by atomic mass is 16.3. The van der Waals surface area contributed by atoms with Gasteiger partial charge in [-0.1, -0.05) is 24.3 Å². The molecule has 2 amide bonds. The second-order valence-corrected chi connectivity index (χ2v) is 7.11. The Bertz CT molecular complexity index is 806. The van der Waals surface area contributed by atoms with Crippen LogP contribution in [-0.2, 0) is 12.8 Å². The highest BCUT2D eigenvalue weighted by Gasteiger charge is 2.26. The van der Waals surface area contributed by atoms with Crippen molar-refractivity contribution in [1.29, 1.82) is 0 Å². The molecular weight excluding hydrogens is 326 g/mol. The Kier molecular flexibility index (Phi) is 4.80. The maximum Gasteiger partial charge on any atom is 0.322 e. The molecule has 26 heavy (non-hydrogen) atoms. The van der Waals surface area contributed by atoms with Crippen LogP contribution >= 0.6 is 0 Å². The van der Waals surface area contributed by atoms with E-state index >= 15 is 0 Å². The molecule has 0 bridgehead atoms. The molecule has 2 aliphatic heterocycles. The highest BCUT2D eigenvalue weighted by molar-refractivity contribution is 5.90. The van der Waals surface area contributed by atoms with Gasteiger partial charge in [0, 0.05) is 23.6 Å². The molecule has 0 radical (unpaired) electrons. The number of fused-ring (bicyclic) bond motifs is 2. The third-order valence-corrected chi connectivity index (χ3v) is 5.41. The van der Waals surface area contributed by atoms with E-state index in [2.05, 4.69) is 34.9 Å². The van der Waals surface area contributed by atoms with Gasteiger partial charge in [-0.05, 0) is 61.4 Å². The van der Waals surface area contributed by atoms with Crippen LogP contribution in [0.5, 0.6) is 0 Å². The fraction of sp³-hybridized carbons (Fsp3) is 0.381. The van der Waals surface area contributed by atoms with Crippen LogP contribution in [-0.4, -0.2) is 35.2 Å². The van der Waals surface area contributed by atoms with E-state index in [1.165, 1.54) is 11.1 Å². The lowest BCUT2D eigenvalue weighted by Gasteiger charge is -2.34. The van der Waals surface area contributed by atoms with Crippen molar-refractivity contribution in [3.8, 4) is 0 Å². The average molecular weight is 351 g/mol. The van der Waals surface area contributed by atoms with Crippen molar-refractivity contribution in [1.82, 2.24) is 4.90 Å². The first-order valence-electron chi connectivity index (χ1n) is 9.41. The normalized spacial score (nSPS) is 19.0. The number of amides is 2. The Morgan fingerprint density at radius 3 is 2.77 bits per heavy atom. The zero-order chi connectivity index (χ0) is 17.9. The van der Waals surface area contributed by atoms with Gasteiger partial charge in [-0.3, -0.25) is 0 Å². The molecule has 5 nitrogen and oxygen atoms in total. The van der Waals surface area contributed by atoms with E-state index in [4.69, 9.17) is 0 Å². The number of hydrogen-bond acceptors (Lipinski definition) is 3. The number of carbonyl (C=O) groups excluding carboxylic acids is 1. The molecule has 4 rings (SSSR count). The molecule has 1 atom stereocenters. The zero-order valence-corrected chi connectivity index (χ0v) is 14.9. The van der Waals surface area contributed by atoms with Gasteiger partial charge in [0.05, 0.1) is 12.6 Å². The summed E-state index contributed by atoms with van der Waals surface area (Å²) in [5, 5.41) is 16.0. The number of para-hydroxylation sites is 1. The van der Waals surface area contributed by atoms with E-state index in [0.717, 1.165) is 49.2 Å². The summed E-state index contributed by atoms with van der Waals surface area (Å²) in [5.74, 6) is 0. The lowest BCUT2D eigenvalue weighted by molar-refractivity contribution is 0.115. The molecule has 0 saturated carbocycles. The molecule has 2 aliphatic rings. The van der Waals surface area contributed by atoms with E-state index in [-0.39, 0.29) is 18.7 Å². The molecular formula is C21H25N3O2. The Hall–Kier alpha value is -2.53. The van der Waals surface area contributed by atoms with E-state index in [9.17, 15) is 9.90 Å². The maximum absolute atomic E-state index is 12.7. The lowest BCUT2D eigenvalue weighted by Crippen LogP contribution is -2.47. The van der Waals surface area contributed by atoms with Gasteiger partial charge in [-0.25, -0.2) is 4.79 Å². The van der Waals surface area contributed by atoms with Crippen molar-refractivity contribution in [2.24, 2.45) is 0 Å². The minimum absolute atomic E-state index is 0.0238. The Morgan fingerprint density at radius 1 is 1.12 bits per heavy atom. The van der Waals surface area contributed by atoms with Crippen molar-refractivity contribution in [3.05, 3.63) is 53.6 Å². The van der Waals surface area contributed by atoms with Crippen molar-refractivity contribution in [2.45, 2.75) is 38.1 Å². The average Bonchev–Trinajstić information content (AvgIpc) is 2.86. The third kappa shape index (κ3) is 3.40. The van der Waals surface area contributed by atoms with Crippen LogP contribution in [0.1, 0.15) is 30.4 Å². The summed E-state index contributed by atoms with van der Waals surface area (Å²) < 4.78 is 0. The minimum atomic E-state index is -0.127. The largest absolute Gasteiger partial charge is 0.394 e. The molecule has 136 valence electrons. The maximum atomic E-state index is 12.7. The summed E-state index contributed by atoms with van der Waals surface area (Å²) in [6.07, 6.45) is 4.91. The SMILES string of the molecule is O=C(Nc1ccc2c(c1)Nc1ccccc1CC2)N1CCCC[C@H]1CO. The first kappa shape index (κ1) is 16.9. The summed E-state index contributed by atoms with van der Waals surface area (Å²) in [7, 11) is 0. The molecule has 2 heterocycles. The Labute approximate surface area is 154 Å². The summed E-state index contributed by atoms with van der Waals surface area (Å²) in [4.78, 5) is 14.4. The van der Waals surface area contributed by atoms with E-state index in [0.29, 0.717) is 6.54 Å². The number of urea groups is 1. The molecule has 2 aromatic carbocycles. The monoisotopic (exact) mass is 351 g/mol. The van der Waals surface area contributed by atoms with Gasteiger partial charge in [0.15, 0.2) is 0 Å². The molecule has 0 aromatic heterocycles. The van der Waals surface area contributed by atoms with Crippen LogP contribution in [0.4, 0.5) is 21.9 Å². The van der Waals surface area contributed by atoms with Gasteiger partial charge < -0.3 is 20.6 Å². The Morgan fingerprint density at radius 2 is 1.92 bits per heavy atom. The number of aliphatic hydroxyl groups is 1. The van der Waals surface area contributed by atoms with Crippen molar-refractivity contribution in [2.75, 3.05) is 23.8 Å². The van der Waals surface area contributed by atoms with Crippen LogP contribution in [0.2, 0.25) is 0 Å². The van der Waals surface area contributed by atoms with E-state index in [1.807, 2.05) is 18.2 Å². The molecule has 2 aromatic rings. The molecule has 5 heteroatoms. The summed E-state index contributed by atoms with van der Waals surface area (Å²) >= 11 is 0. The standard InChI is InChI=1S/C21H25N3O2/c25-14-18-6-3-4-12-24(18)21(26)22-17-11-10-16-9-8-15-5-1-2-7-19(15)23-20(16)13-17/h1-2,5,7,10-11,13,18,23,25H,3-4,6,8-9,12,14H2,(H,22,26)/t18-/m0/s1. The first-order chi connectivity index (χ1) is 12.7. The topological polar surface area (TPSA) is 64.6 Å². The second kappa shape index (κ2) is 7.38. The van der Waals surface area contributed by atoms with Crippen molar-refractivity contribution >= 4 is 23.1 Å². The van der Waals surface area contributed by atoms with Crippen molar-refractivity contribution in [3.63, 3.8) is 0 Å². The van der Waals surface area contributed by atoms with Crippen molar-refractivity contribution < 1.29 is 9.90 Å². The first-order valence-corrected chi connectivity index (χ1v) is 9.41. The number of benzene rings is 2. The van der Waals surface area contributed by atoms with Crippen LogP contribution in [0.25, 0.3) is 0 Å². The number of anilines is 3. The fourth-order valence-electron chi connectivity index (χ4n) is 3.92. The quantitative estimate of drug-likeness (QED) is 0.769. The molecule has 0 aliphatic carbocycles. The number of piperidine rings is 1. The predicted octanol–water partition coefficient (Wildman–Crippen LogP) is 3.91. The number of rotatable bonds is 2. The number of nitrogens with one attached hydrogen (secondary N) is 2. The predicted molar refractivity (Wildman–Crippen MR) is 104 cm³/mol. The Balaban J connectivity index is 1.52. The summed E-state index contributed by atoms with van der Waals surface area (Å²) in [6, 6.07) is 14.2. The molecule has 3 N–H and O–H groups in total. The third-order valence-electron chi connectivity index (χ3n) is 5.41. The minimum Gasteiger partial charge on any atom is -0.394 e. The highest BCUT2D eigenvalue weighted by Crippen LogP contribution is 2.32. The molecule has 0 spiro atoms. The van der Waals surface area contributed by atoms with Gasteiger partial charge in [-0.2, -0.15) is 0 Å². The fourth-order valence-corrected chi connectivity index (χ4v) is 3.92. The molecule has 1 fully saturated rings. The van der Waals surface area contributed by atoms with Gasteiger partial charge in [0.1, 0.15) is 0 Å². The number of aryl methyl sites for hydroxylation is 2. The smallest absolute Gasteiger partial charge is 0.322 e. The summed E-state index contributed by atoms with van der Waals surface area (Å²) in [5.41, 5.74) is 5.53.